The van der Waals surface area contributed by atoms with Gasteiger partial charge in [-0.25, -0.2) is 0 Å². The second kappa shape index (κ2) is 8.25. The largest absolute Gasteiger partial charge is 0.315 e. The van der Waals surface area contributed by atoms with E-state index in [9.17, 15) is 0 Å². The Balaban J connectivity index is 0. The fraction of sp³-hybridized carbons (Fsp3) is 1.00. The zero-order chi connectivity index (χ0) is 6.41. The number of hydrogen-bond donors (Lipinski definition) is 1. The number of rotatable bonds is 4. The first-order chi connectivity index (χ1) is 3.77. The molecule has 0 heterocycles. The molecule has 1 nitrogen and oxygen atoms in total. The van der Waals surface area contributed by atoms with Crippen LogP contribution in [-0.2, 0) is 0 Å². The quantitative estimate of drug-likeness (QED) is 0.608. The summed E-state index contributed by atoms with van der Waals surface area (Å²) < 4.78 is 0. The molecule has 0 saturated heterocycles. The van der Waals surface area contributed by atoms with Crippen LogP contribution in [0.25, 0.3) is 0 Å². The standard InChI is InChI=1S/C7H17N.ClH/c1-4-5-6-8-7(2)3;/h7-8H,4-6H2,1-3H3;1H. The third-order valence-electron chi connectivity index (χ3n) is 1.08. The minimum atomic E-state index is 0. The Morgan fingerprint density at radius 1 is 1.33 bits per heavy atom. The average Bonchev–Trinajstić information content (AvgIpc) is 1.66. The Labute approximate surface area is 64.6 Å². The lowest BCUT2D eigenvalue weighted by atomic mass is 10.3. The summed E-state index contributed by atoms with van der Waals surface area (Å²) >= 11 is 0. The summed E-state index contributed by atoms with van der Waals surface area (Å²) in [6.45, 7) is 7.74. The summed E-state index contributed by atoms with van der Waals surface area (Å²) in [4.78, 5) is 0. The molecule has 0 aliphatic heterocycles. The molecule has 0 unspecified atom stereocenters. The molecule has 0 amide bonds. The normalized spacial score (nSPS) is 9.33. The lowest BCUT2D eigenvalue weighted by Gasteiger charge is -2.05. The van der Waals surface area contributed by atoms with Gasteiger partial charge in [-0.1, -0.05) is 27.2 Å². The van der Waals surface area contributed by atoms with Crippen LogP contribution in [0.2, 0.25) is 0 Å². The Kier molecular flexibility index (Phi) is 11.0. The predicted octanol–water partition coefficient (Wildman–Crippen LogP) is 2.21. The maximum atomic E-state index is 3.35. The Bertz CT molecular complexity index is 46.2. The van der Waals surface area contributed by atoms with E-state index in [0.29, 0.717) is 6.04 Å². The van der Waals surface area contributed by atoms with Crippen LogP contribution in [0.4, 0.5) is 0 Å². The van der Waals surface area contributed by atoms with E-state index < -0.39 is 0 Å². The van der Waals surface area contributed by atoms with Gasteiger partial charge >= 0.3 is 0 Å². The minimum Gasteiger partial charge on any atom is -0.315 e. The molecule has 58 valence electrons. The SMILES string of the molecule is CCCCNC(C)C.Cl. The van der Waals surface area contributed by atoms with Gasteiger partial charge in [0.05, 0.1) is 0 Å². The number of nitrogens with one attached hydrogen (secondary N) is 1. The second-order valence-electron chi connectivity index (χ2n) is 2.46. The van der Waals surface area contributed by atoms with Gasteiger partial charge < -0.3 is 5.32 Å². The summed E-state index contributed by atoms with van der Waals surface area (Å²) in [5.74, 6) is 0. The molecule has 1 N–H and O–H groups in total. The van der Waals surface area contributed by atoms with Crippen LogP contribution in [0.1, 0.15) is 33.6 Å². The van der Waals surface area contributed by atoms with Crippen molar-refractivity contribution in [1.82, 2.24) is 5.32 Å². The smallest absolute Gasteiger partial charge is 0.00103 e. The van der Waals surface area contributed by atoms with Gasteiger partial charge in [-0.3, -0.25) is 0 Å². The lowest BCUT2D eigenvalue weighted by Crippen LogP contribution is -2.23. The van der Waals surface area contributed by atoms with Crippen molar-refractivity contribution in [3.8, 4) is 0 Å². The van der Waals surface area contributed by atoms with E-state index in [1.54, 1.807) is 0 Å². The maximum Gasteiger partial charge on any atom is 0.00103 e. The van der Waals surface area contributed by atoms with E-state index in [1.807, 2.05) is 0 Å². The third-order valence-corrected chi connectivity index (χ3v) is 1.08. The Hall–Kier alpha value is 0.250. The van der Waals surface area contributed by atoms with Crippen molar-refractivity contribution in [3.63, 3.8) is 0 Å². The maximum absolute atomic E-state index is 3.35. The molecule has 0 saturated carbocycles. The van der Waals surface area contributed by atoms with Crippen LogP contribution >= 0.6 is 12.4 Å². The molecule has 0 aromatic rings. The zero-order valence-electron chi connectivity index (χ0n) is 6.61. The second-order valence-corrected chi connectivity index (χ2v) is 2.46. The van der Waals surface area contributed by atoms with Crippen molar-refractivity contribution >= 4 is 12.4 Å². The van der Waals surface area contributed by atoms with Crippen LogP contribution in [0.3, 0.4) is 0 Å². The van der Waals surface area contributed by atoms with Crippen molar-refractivity contribution in [2.45, 2.75) is 39.7 Å². The molecule has 0 aromatic carbocycles. The third kappa shape index (κ3) is 11.7. The minimum absolute atomic E-state index is 0. The van der Waals surface area contributed by atoms with Crippen molar-refractivity contribution in [2.75, 3.05) is 6.54 Å². The summed E-state index contributed by atoms with van der Waals surface area (Å²) in [6.07, 6.45) is 2.60. The molecule has 0 spiro atoms. The van der Waals surface area contributed by atoms with E-state index in [1.165, 1.54) is 19.4 Å². The van der Waals surface area contributed by atoms with Gasteiger partial charge in [0.25, 0.3) is 0 Å². The van der Waals surface area contributed by atoms with Gasteiger partial charge in [-0.15, -0.1) is 12.4 Å². The molecule has 0 bridgehead atoms. The molecule has 0 fully saturated rings. The molecule has 0 radical (unpaired) electrons. The Morgan fingerprint density at radius 2 is 1.89 bits per heavy atom. The summed E-state index contributed by atoms with van der Waals surface area (Å²) in [6, 6.07) is 0.654. The average molecular weight is 152 g/mol. The predicted molar refractivity (Wildman–Crippen MR) is 45.3 cm³/mol. The van der Waals surface area contributed by atoms with Crippen LogP contribution in [0.15, 0.2) is 0 Å². The van der Waals surface area contributed by atoms with Gasteiger partial charge in [0.15, 0.2) is 0 Å². The van der Waals surface area contributed by atoms with Gasteiger partial charge in [-0.05, 0) is 13.0 Å². The van der Waals surface area contributed by atoms with Crippen LogP contribution in [-0.4, -0.2) is 12.6 Å². The van der Waals surface area contributed by atoms with Crippen molar-refractivity contribution in [1.29, 1.82) is 0 Å². The summed E-state index contributed by atoms with van der Waals surface area (Å²) in [5, 5.41) is 3.35. The molecule has 0 aliphatic carbocycles. The van der Waals surface area contributed by atoms with Crippen LogP contribution in [0, 0.1) is 0 Å². The number of hydrogen-bond acceptors (Lipinski definition) is 1. The fourth-order valence-corrected chi connectivity index (χ4v) is 0.568. The van der Waals surface area contributed by atoms with Crippen LogP contribution < -0.4 is 5.32 Å². The molecule has 0 atom stereocenters. The molecule has 0 aromatic heterocycles. The Morgan fingerprint density at radius 3 is 2.22 bits per heavy atom. The molecular weight excluding hydrogens is 134 g/mol. The molecule has 0 rings (SSSR count). The van der Waals surface area contributed by atoms with E-state index in [-0.39, 0.29) is 12.4 Å². The molecule has 9 heavy (non-hydrogen) atoms. The van der Waals surface area contributed by atoms with E-state index in [0.717, 1.165) is 0 Å². The summed E-state index contributed by atoms with van der Waals surface area (Å²) in [7, 11) is 0. The zero-order valence-corrected chi connectivity index (χ0v) is 7.42. The highest BCUT2D eigenvalue weighted by molar-refractivity contribution is 5.85. The molecule has 2 heteroatoms. The number of unbranched alkanes of at least 4 members (excludes halogenated alkanes) is 1. The molecule has 0 aliphatic rings. The first-order valence-electron chi connectivity index (χ1n) is 3.50. The van der Waals surface area contributed by atoms with Gasteiger partial charge in [0, 0.05) is 6.04 Å². The van der Waals surface area contributed by atoms with E-state index in [4.69, 9.17) is 0 Å². The van der Waals surface area contributed by atoms with Gasteiger partial charge in [0.1, 0.15) is 0 Å². The number of halogens is 1. The highest BCUT2D eigenvalue weighted by Gasteiger charge is 1.87. The topological polar surface area (TPSA) is 12.0 Å². The highest BCUT2D eigenvalue weighted by Crippen LogP contribution is 1.83. The fourth-order valence-electron chi connectivity index (χ4n) is 0.568. The first-order valence-corrected chi connectivity index (χ1v) is 3.50. The summed E-state index contributed by atoms with van der Waals surface area (Å²) in [5.41, 5.74) is 0. The monoisotopic (exact) mass is 151 g/mol. The van der Waals surface area contributed by atoms with Crippen LogP contribution in [0.5, 0.6) is 0 Å². The first kappa shape index (κ1) is 12.0. The van der Waals surface area contributed by atoms with Crippen molar-refractivity contribution < 1.29 is 0 Å². The van der Waals surface area contributed by atoms with Crippen molar-refractivity contribution in [3.05, 3.63) is 0 Å². The van der Waals surface area contributed by atoms with Gasteiger partial charge in [0.2, 0.25) is 0 Å². The van der Waals surface area contributed by atoms with E-state index >= 15 is 0 Å². The highest BCUT2D eigenvalue weighted by atomic mass is 35.5. The van der Waals surface area contributed by atoms with E-state index in [2.05, 4.69) is 26.1 Å². The van der Waals surface area contributed by atoms with Gasteiger partial charge in [-0.2, -0.15) is 0 Å². The lowest BCUT2D eigenvalue weighted by molar-refractivity contribution is 0.566. The van der Waals surface area contributed by atoms with Crippen molar-refractivity contribution in [2.24, 2.45) is 0 Å². The molecular formula is C7H18ClN.